The lowest BCUT2D eigenvalue weighted by molar-refractivity contribution is 0.0713. The molecule has 110 valence electrons. The van der Waals surface area contributed by atoms with Crippen LogP contribution in [0.2, 0.25) is 0 Å². The number of likely N-dealkylation sites (tertiary alicyclic amines) is 1. The molecule has 1 aliphatic heterocycles. The molecular formula is C16H18FN3O. The number of carbonyl (C=O) groups is 1. The van der Waals surface area contributed by atoms with Gasteiger partial charge in [-0.2, -0.15) is 0 Å². The van der Waals surface area contributed by atoms with Crippen molar-refractivity contribution in [2.45, 2.75) is 25.8 Å². The van der Waals surface area contributed by atoms with Crippen LogP contribution in [-0.4, -0.2) is 34.9 Å². The highest BCUT2D eigenvalue weighted by Crippen LogP contribution is 2.20. The van der Waals surface area contributed by atoms with Crippen molar-refractivity contribution in [3.05, 3.63) is 41.3 Å². The molecule has 0 spiro atoms. The Morgan fingerprint density at radius 3 is 2.76 bits per heavy atom. The average molecular weight is 287 g/mol. The number of nitrogens with zero attached hydrogens (tertiary/aromatic N) is 2. The molecule has 1 fully saturated rings. The van der Waals surface area contributed by atoms with Crippen LogP contribution in [0.5, 0.6) is 0 Å². The van der Waals surface area contributed by atoms with Crippen LogP contribution in [0.4, 0.5) is 4.39 Å². The molecular weight excluding hydrogens is 269 g/mol. The maximum absolute atomic E-state index is 13.2. The van der Waals surface area contributed by atoms with E-state index in [9.17, 15) is 9.18 Å². The Hall–Kier alpha value is -2.01. The first-order valence-electron chi connectivity index (χ1n) is 7.16. The standard InChI is InChI=1S/C16H18FN3O/c1-10-14(16(21)20-6-4-13(18)5-7-20)8-11-2-3-12(17)9-15(11)19-10/h2-3,8-9,13H,4-7,18H2,1H3. The van der Waals surface area contributed by atoms with Crippen LogP contribution in [0, 0.1) is 12.7 Å². The molecule has 0 saturated carbocycles. The number of nitrogens with two attached hydrogens (primary N) is 1. The zero-order valence-corrected chi connectivity index (χ0v) is 12.0. The van der Waals surface area contributed by atoms with E-state index in [0.717, 1.165) is 18.2 Å². The quantitative estimate of drug-likeness (QED) is 0.875. The molecule has 1 aromatic heterocycles. The van der Waals surface area contributed by atoms with Gasteiger partial charge in [0.15, 0.2) is 0 Å². The lowest BCUT2D eigenvalue weighted by Gasteiger charge is -2.30. The molecule has 0 radical (unpaired) electrons. The molecule has 2 N–H and O–H groups in total. The van der Waals surface area contributed by atoms with Gasteiger partial charge in [0, 0.05) is 30.6 Å². The third kappa shape index (κ3) is 2.74. The summed E-state index contributed by atoms with van der Waals surface area (Å²) in [6.07, 6.45) is 1.66. The van der Waals surface area contributed by atoms with Crippen molar-refractivity contribution in [3.63, 3.8) is 0 Å². The molecule has 1 aromatic carbocycles. The molecule has 0 atom stereocenters. The van der Waals surface area contributed by atoms with Crippen molar-refractivity contribution < 1.29 is 9.18 Å². The van der Waals surface area contributed by atoms with E-state index in [0.29, 0.717) is 29.9 Å². The number of aryl methyl sites for hydroxylation is 1. The lowest BCUT2D eigenvalue weighted by Crippen LogP contribution is -2.43. The van der Waals surface area contributed by atoms with E-state index in [1.54, 1.807) is 19.1 Å². The molecule has 21 heavy (non-hydrogen) atoms. The van der Waals surface area contributed by atoms with Crippen LogP contribution in [-0.2, 0) is 0 Å². The van der Waals surface area contributed by atoms with E-state index in [1.807, 2.05) is 4.90 Å². The fourth-order valence-corrected chi connectivity index (χ4v) is 2.73. The van der Waals surface area contributed by atoms with Gasteiger partial charge in [0.2, 0.25) is 0 Å². The Morgan fingerprint density at radius 1 is 1.33 bits per heavy atom. The minimum atomic E-state index is -0.321. The predicted molar refractivity (Wildman–Crippen MR) is 79.6 cm³/mol. The van der Waals surface area contributed by atoms with Gasteiger partial charge < -0.3 is 10.6 Å². The van der Waals surface area contributed by atoms with Crippen LogP contribution in [0.15, 0.2) is 24.3 Å². The molecule has 0 unspecified atom stereocenters. The SMILES string of the molecule is Cc1nc2cc(F)ccc2cc1C(=O)N1CCC(N)CC1. The maximum atomic E-state index is 13.2. The molecule has 1 saturated heterocycles. The number of fused-ring (bicyclic) bond motifs is 1. The topological polar surface area (TPSA) is 59.2 Å². The highest BCUT2D eigenvalue weighted by atomic mass is 19.1. The van der Waals surface area contributed by atoms with Crippen molar-refractivity contribution in [2.75, 3.05) is 13.1 Å². The van der Waals surface area contributed by atoms with Gasteiger partial charge in [-0.3, -0.25) is 9.78 Å². The summed E-state index contributed by atoms with van der Waals surface area (Å²) >= 11 is 0. The van der Waals surface area contributed by atoms with Crippen LogP contribution in [0.1, 0.15) is 28.9 Å². The Morgan fingerprint density at radius 2 is 2.05 bits per heavy atom. The van der Waals surface area contributed by atoms with Gasteiger partial charge in [-0.15, -0.1) is 0 Å². The average Bonchev–Trinajstić information content (AvgIpc) is 2.46. The van der Waals surface area contributed by atoms with E-state index >= 15 is 0 Å². The largest absolute Gasteiger partial charge is 0.338 e. The molecule has 1 aliphatic rings. The highest BCUT2D eigenvalue weighted by Gasteiger charge is 2.23. The van der Waals surface area contributed by atoms with E-state index in [1.165, 1.54) is 12.1 Å². The van der Waals surface area contributed by atoms with Gasteiger partial charge >= 0.3 is 0 Å². The summed E-state index contributed by atoms with van der Waals surface area (Å²) in [4.78, 5) is 18.8. The molecule has 4 nitrogen and oxygen atoms in total. The Kier molecular flexibility index (Phi) is 3.59. The first kappa shape index (κ1) is 13.9. The Balaban J connectivity index is 1.94. The second kappa shape index (κ2) is 5.41. The molecule has 0 bridgehead atoms. The van der Waals surface area contributed by atoms with Gasteiger partial charge in [0.05, 0.1) is 16.8 Å². The third-order valence-electron chi connectivity index (χ3n) is 4.03. The molecule has 2 aromatic rings. The highest BCUT2D eigenvalue weighted by molar-refractivity contribution is 5.98. The molecule has 2 heterocycles. The Labute approximate surface area is 122 Å². The summed E-state index contributed by atoms with van der Waals surface area (Å²) < 4.78 is 13.2. The fourth-order valence-electron chi connectivity index (χ4n) is 2.73. The molecule has 1 amide bonds. The van der Waals surface area contributed by atoms with Gasteiger partial charge in [0.25, 0.3) is 5.91 Å². The zero-order chi connectivity index (χ0) is 15.0. The lowest BCUT2D eigenvalue weighted by atomic mass is 10.0. The van der Waals surface area contributed by atoms with E-state index in [2.05, 4.69) is 4.98 Å². The van der Waals surface area contributed by atoms with Gasteiger partial charge in [0.1, 0.15) is 5.82 Å². The fraction of sp³-hybridized carbons (Fsp3) is 0.375. The predicted octanol–water partition coefficient (Wildman–Crippen LogP) is 2.25. The van der Waals surface area contributed by atoms with E-state index < -0.39 is 0 Å². The van der Waals surface area contributed by atoms with Crippen LogP contribution >= 0.6 is 0 Å². The van der Waals surface area contributed by atoms with Crippen molar-refractivity contribution in [2.24, 2.45) is 5.73 Å². The molecule has 0 aliphatic carbocycles. The van der Waals surface area contributed by atoms with Gasteiger partial charge in [-0.25, -0.2) is 4.39 Å². The molecule has 3 rings (SSSR count). The Bertz CT molecular complexity index is 693. The van der Waals surface area contributed by atoms with Crippen LogP contribution < -0.4 is 5.73 Å². The van der Waals surface area contributed by atoms with Crippen molar-refractivity contribution >= 4 is 16.8 Å². The second-order valence-corrected chi connectivity index (χ2v) is 5.59. The van der Waals surface area contributed by atoms with Crippen molar-refractivity contribution in [1.29, 1.82) is 0 Å². The normalized spacial score (nSPS) is 16.4. The van der Waals surface area contributed by atoms with Crippen molar-refractivity contribution in [3.8, 4) is 0 Å². The summed E-state index contributed by atoms with van der Waals surface area (Å²) in [5.41, 5.74) is 7.66. The first-order valence-corrected chi connectivity index (χ1v) is 7.16. The minimum absolute atomic E-state index is 0.0156. The summed E-state index contributed by atoms with van der Waals surface area (Å²) in [5, 5.41) is 0.777. The van der Waals surface area contributed by atoms with E-state index in [4.69, 9.17) is 5.73 Å². The van der Waals surface area contributed by atoms with Gasteiger partial charge in [-0.1, -0.05) is 0 Å². The van der Waals surface area contributed by atoms with Crippen LogP contribution in [0.25, 0.3) is 10.9 Å². The zero-order valence-electron chi connectivity index (χ0n) is 12.0. The monoisotopic (exact) mass is 287 g/mol. The third-order valence-corrected chi connectivity index (χ3v) is 4.03. The summed E-state index contributed by atoms with van der Waals surface area (Å²) in [6, 6.07) is 6.41. The van der Waals surface area contributed by atoms with Crippen molar-refractivity contribution in [1.82, 2.24) is 9.88 Å². The summed E-state index contributed by atoms with van der Waals surface area (Å²) in [5.74, 6) is -0.336. The number of pyridine rings is 1. The number of halogens is 1. The maximum Gasteiger partial charge on any atom is 0.255 e. The summed E-state index contributed by atoms with van der Waals surface area (Å²) in [6.45, 7) is 3.15. The van der Waals surface area contributed by atoms with Gasteiger partial charge in [-0.05, 0) is 38.0 Å². The second-order valence-electron chi connectivity index (χ2n) is 5.59. The number of aromatic nitrogens is 1. The number of piperidine rings is 1. The number of benzene rings is 1. The van der Waals surface area contributed by atoms with Crippen LogP contribution in [0.3, 0.4) is 0 Å². The number of hydrogen-bond acceptors (Lipinski definition) is 3. The summed E-state index contributed by atoms with van der Waals surface area (Å²) in [7, 11) is 0. The number of rotatable bonds is 1. The number of carbonyl (C=O) groups excluding carboxylic acids is 1. The first-order chi connectivity index (χ1) is 10.0. The smallest absolute Gasteiger partial charge is 0.255 e. The minimum Gasteiger partial charge on any atom is -0.338 e. The number of hydrogen-bond donors (Lipinski definition) is 1. The number of amides is 1. The molecule has 5 heteroatoms. The van der Waals surface area contributed by atoms with E-state index in [-0.39, 0.29) is 17.8 Å².